The molecule has 3 aliphatic carbocycles. The van der Waals surface area contributed by atoms with E-state index in [1.165, 1.54) is 77.0 Å². The van der Waals surface area contributed by atoms with Crippen LogP contribution in [-0.2, 0) is 4.74 Å². The van der Waals surface area contributed by atoms with Gasteiger partial charge in [0.25, 0.3) is 0 Å². The fourth-order valence-electron chi connectivity index (χ4n) is 10.9. The van der Waals surface area contributed by atoms with Crippen molar-refractivity contribution in [3.05, 3.63) is 0 Å². The van der Waals surface area contributed by atoms with Gasteiger partial charge >= 0.3 is 0 Å². The van der Waals surface area contributed by atoms with Crippen molar-refractivity contribution in [1.29, 1.82) is 0 Å². The predicted octanol–water partition coefficient (Wildman–Crippen LogP) is 8.80. The van der Waals surface area contributed by atoms with Crippen LogP contribution in [0, 0.1) is 44.8 Å². The second kappa shape index (κ2) is 6.76. The molecule has 5 rings (SSSR count). The first-order valence-corrected chi connectivity index (χ1v) is 14.0. The fourth-order valence-corrected chi connectivity index (χ4v) is 10.9. The highest BCUT2D eigenvalue weighted by atomic mass is 16.5. The maximum absolute atomic E-state index is 7.13. The highest BCUT2D eigenvalue weighted by molar-refractivity contribution is 5.24. The van der Waals surface area contributed by atoms with Crippen LogP contribution >= 0.6 is 0 Å². The van der Waals surface area contributed by atoms with Crippen LogP contribution in [0.3, 0.4) is 0 Å². The summed E-state index contributed by atoms with van der Waals surface area (Å²) in [6.07, 6.45) is 17.5. The van der Waals surface area contributed by atoms with Crippen LogP contribution in [0.2, 0.25) is 0 Å². The van der Waals surface area contributed by atoms with Crippen molar-refractivity contribution in [2.75, 3.05) is 0 Å². The zero-order chi connectivity index (χ0) is 22.5. The maximum atomic E-state index is 7.13. The lowest BCUT2D eigenvalue weighted by molar-refractivity contribution is -0.249. The SMILES string of the molecule is CC(C)CCCC1(C)CCC2(C)C3CCC4C(C)(C)C5CCC4(O5)C3(C)CCC2(C)C1. The van der Waals surface area contributed by atoms with Gasteiger partial charge in [0, 0.05) is 5.41 Å². The second-order valence-corrected chi connectivity index (χ2v) is 15.2. The summed E-state index contributed by atoms with van der Waals surface area (Å²) >= 11 is 0. The summed E-state index contributed by atoms with van der Waals surface area (Å²) < 4.78 is 7.13. The topological polar surface area (TPSA) is 9.23 Å². The Morgan fingerprint density at radius 1 is 0.774 bits per heavy atom. The van der Waals surface area contributed by atoms with Crippen molar-refractivity contribution < 1.29 is 4.74 Å². The van der Waals surface area contributed by atoms with E-state index in [9.17, 15) is 0 Å². The van der Waals surface area contributed by atoms with Crippen LogP contribution in [-0.4, -0.2) is 11.7 Å². The van der Waals surface area contributed by atoms with Crippen LogP contribution in [0.4, 0.5) is 0 Å². The first-order valence-electron chi connectivity index (χ1n) is 14.0. The fraction of sp³-hybridized carbons (Fsp3) is 1.00. The zero-order valence-electron chi connectivity index (χ0n) is 22.2. The smallest absolute Gasteiger partial charge is 0.0777 e. The number of rotatable bonds is 4. The van der Waals surface area contributed by atoms with Crippen molar-refractivity contribution in [3.8, 4) is 0 Å². The third-order valence-electron chi connectivity index (χ3n) is 12.9. The summed E-state index contributed by atoms with van der Waals surface area (Å²) in [5, 5.41) is 0. The van der Waals surface area contributed by atoms with Crippen LogP contribution < -0.4 is 0 Å². The molecule has 1 nitrogen and oxygen atoms in total. The first-order chi connectivity index (χ1) is 14.3. The Balaban J connectivity index is 1.43. The van der Waals surface area contributed by atoms with Gasteiger partial charge < -0.3 is 4.74 Å². The van der Waals surface area contributed by atoms with E-state index < -0.39 is 0 Å². The number of hydrogen-bond donors (Lipinski definition) is 0. The third kappa shape index (κ3) is 2.83. The summed E-state index contributed by atoms with van der Waals surface area (Å²) in [6, 6.07) is 0. The summed E-state index contributed by atoms with van der Waals surface area (Å²) in [4.78, 5) is 0. The van der Waals surface area contributed by atoms with Gasteiger partial charge in [-0.1, -0.05) is 68.2 Å². The van der Waals surface area contributed by atoms with Gasteiger partial charge in [-0.2, -0.15) is 0 Å². The molecule has 5 aliphatic rings. The normalized spacial score (nSPS) is 55.1. The molecule has 178 valence electrons. The molecule has 0 aromatic heterocycles. The molecule has 5 fully saturated rings. The molecular formula is C30H52O. The molecular weight excluding hydrogens is 376 g/mol. The van der Waals surface area contributed by atoms with Gasteiger partial charge in [0.15, 0.2) is 0 Å². The standard InChI is InChI=1S/C30H52O/c1-21(2)10-9-14-26(5)16-18-28(7)23-12-11-22-25(3,4)24-13-15-30(22,31-24)29(23,8)19-17-27(28,6)20-26/h21-24H,9-20H2,1-8H3. The largest absolute Gasteiger partial charge is 0.370 e. The van der Waals surface area contributed by atoms with Crippen molar-refractivity contribution in [1.82, 2.24) is 0 Å². The van der Waals surface area contributed by atoms with E-state index in [2.05, 4.69) is 55.4 Å². The minimum absolute atomic E-state index is 0.187. The van der Waals surface area contributed by atoms with Crippen molar-refractivity contribution in [2.45, 2.75) is 144 Å². The van der Waals surface area contributed by atoms with E-state index in [1.54, 1.807) is 0 Å². The Bertz CT molecular complexity index is 724. The highest BCUT2D eigenvalue weighted by Crippen LogP contribution is 2.78. The lowest BCUT2D eigenvalue weighted by Gasteiger charge is -2.71. The Kier molecular flexibility index (Phi) is 4.96. The Hall–Kier alpha value is -0.0400. The van der Waals surface area contributed by atoms with E-state index in [0.717, 1.165) is 17.8 Å². The average molecular weight is 429 g/mol. The van der Waals surface area contributed by atoms with Gasteiger partial charge in [-0.15, -0.1) is 0 Å². The summed E-state index contributed by atoms with van der Waals surface area (Å²) in [7, 11) is 0. The van der Waals surface area contributed by atoms with Gasteiger partial charge in [0.05, 0.1) is 11.7 Å². The minimum Gasteiger partial charge on any atom is -0.370 e. The van der Waals surface area contributed by atoms with Gasteiger partial charge in [-0.3, -0.25) is 0 Å². The summed E-state index contributed by atoms with van der Waals surface area (Å²) in [6.45, 7) is 20.6. The molecule has 1 spiro atoms. The molecule has 8 atom stereocenters. The van der Waals surface area contributed by atoms with Gasteiger partial charge in [0.1, 0.15) is 0 Å². The van der Waals surface area contributed by atoms with E-state index in [-0.39, 0.29) is 5.60 Å². The number of fused-ring (bicyclic) bond motifs is 4. The highest BCUT2D eigenvalue weighted by Gasteiger charge is 2.76. The Morgan fingerprint density at radius 3 is 2.16 bits per heavy atom. The monoisotopic (exact) mass is 428 g/mol. The molecule has 2 saturated heterocycles. The van der Waals surface area contributed by atoms with E-state index in [4.69, 9.17) is 4.74 Å². The first kappa shape index (κ1) is 22.7. The molecule has 0 aromatic carbocycles. The molecule has 3 saturated carbocycles. The minimum atomic E-state index is 0.187. The molecule has 8 unspecified atom stereocenters. The van der Waals surface area contributed by atoms with Crippen LogP contribution in [0.15, 0.2) is 0 Å². The van der Waals surface area contributed by atoms with Crippen molar-refractivity contribution in [2.24, 2.45) is 44.8 Å². The van der Waals surface area contributed by atoms with Crippen molar-refractivity contribution in [3.63, 3.8) is 0 Å². The maximum Gasteiger partial charge on any atom is 0.0777 e. The molecule has 0 N–H and O–H groups in total. The molecule has 1 heteroatoms. The number of hydrogen-bond acceptors (Lipinski definition) is 1. The molecule has 2 heterocycles. The van der Waals surface area contributed by atoms with E-state index in [0.29, 0.717) is 33.2 Å². The van der Waals surface area contributed by atoms with Gasteiger partial charge in [0.2, 0.25) is 0 Å². The lowest BCUT2D eigenvalue weighted by Crippen LogP contribution is -2.67. The summed E-state index contributed by atoms with van der Waals surface area (Å²) in [5.41, 5.74) is 2.53. The quantitative estimate of drug-likeness (QED) is 0.434. The average Bonchev–Trinajstić information content (AvgIpc) is 3.20. The van der Waals surface area contributed by atoms with Crippen LogP contribution in [0.25, 0.3) is 0 Å². The molecule has 2 bridgehead atoms. The number of ether oxygens (including phenoxy) is 1. The van der Waals surface area contributed by atoms with Gasteiger partial charge in [-0.05, 0) is 104 Å². The van der Waals surface area contributed by atoms with E-state index in [1.807, 2.05) is 0 Å². The summed E-state index contributed by atoms with van der Waals surface area (Å²) in [5.74, 6) is 2.49. The predicted molar refractivity (Wildman–Crippen MR) is 131 cm³/mol. The Morgan fingerprint density at radius 2 is 1.45 bits per heavy atom. The molecule has 0 aromatic rings. The molecule has 31 heavy (non-hydrogen) atoms. The van der Waals surface area contributed by atoms with Gasteiger partial charge in [-0.25, -0.2) is 0 Å². The van der Waals surface area contributed by atoms with E-state index >= 15 is 0 Å². The lowest BCUT2D eigenvalue weighted by atomic mass is 9.33. The Labute approximate surface area is 193 Å². The molecule has 0 radical (unpaired) electrons. The van der Waals surface area contributed by atoms with Crippen LogP contribution in [0.1, 0.15) is 132 Å². The molecule has 2 aliphatic heterocycles. The van der Waals surface area contributed by atoms with Crippen molar-refractivity contribution >= 4 is 0 Å². The second-order valence-electron chi connectivity index (χ2n) is 15.2. The third-order valence-corrected chi connectivity index (χ3v) is 12.9. The van der Waals surface area contributed by atoms with Crippen LogP contribution in [0.5, 0.6) is 0 Å². The molecule has 0 amide bonds. The zero-order valence-corrected chi connectivity index (χ0v) is 22.2.